The first-order chi connectivity index (χ1) is 17.3. The minimum Gasteiger partial charge on any atom is -0.491 e. The highest BCUT2D eigenvalue weighted by molar-refractivity contribution is 7.10. The van der Waals surface area contributed by atoms with Gasteiger partial charge in [0.05, 0.1) is 6.04 Å². The number of ether oxygens (including phenoxy) is 1. The molecular weight excluding hydrogens is 470 g/mol. The minimum atomic E-state index is -0.262. The molecule has 36 heavy (non-hydrogen) atoms. The van der Waals surface area contributed by atoms with Gasteiger partial charge in [0.15, 0.2) is 0 Å². The van der Waals surface area contributed by atoms with Gasteiger partial charge in [0, 0.05) is 23.7 Å². The van der Waals surface area contributed by atoms with Crippen molar-refractivity contribution in [3.8, 4) is 5.75 Å². The van der Waals surface area contributed by atoms with Gasteiger partial charge in [0.25, 0.3) is 0 Å². The van der Waals surface area contributed by atoms with Crippen molar-refractivity contribution in [1.82, 2.24) is 9.80 Å². The first-order valence-electron chi connectivity index (χ1n) is 12.5. The molecule has 4 rings (SSSR count). The molecule has 1 N–H and O–H groups in total. The van der Waals surface area contributed by atoms with Crippen LogP contribution in [0.2, 0.25) is 0 Å². The van der Waals surface area contributed by atoms with Crippen LogP contribution in [-0.2, 0) is 11.2 Å². The predicted octanol–water partition coefficient (Wildman–Crippen LogP) is 6.06. The quantitative estimate of drug-likeness (QED) is 0.405. The number of rotatable bonds is 8. The van der Waals surface area contributed by atoms with Crippen LogP contribution in [0.25, 0.3) is 0 Å². The van der Waals surface area contributed by atoms with Gasteiger partial charge in [-0.15, -0.1) is 11.3 Å². The molecule has 1 aliphatic heterocycles. The Balaban J connectivity index is 1.48. The number of hydrogen-bond acceptors (Lipinski definition) is 4. The number of aryl methyl sites for hydroxylation is 2. The standard InChI is InChI=1S/C29H35N3O3S/c1-20(2)17-31(29(34)30-23-9-5-21(3)6-10-23)18-28(33)32-15-13-27-25(14-16-36-27)26(32)19-35-24-11-7-22(4)8-12-24/h5-12,14,16,20,26H,13,15,17-19H2,1-4H3,(H,30,34). The lowest BCUT2D eigenvalue weighted by atomic mass is 10.0. The molecule has 1 atom stereocenters. The van der Waals surface area contributed by atoms with Gasteiger partial charge >= 0.3 is 6.03 Å². The molecule has 0 saturated carbocycles. The smallest absolute Gasteiger partial charge is 0.322 e. The van der Waals surface area contributed by atoms with E-state index in [4.69, 9.17) is 4.74 Å². The van der Waals surface area contributed by atoms with Crippen LogP contribution < -0.4 is 10.1 Å². The van der Waals surface area contributed by atoms with Gasteiger partial charge in [0.1, 0.15) is 18.9 Å². The second kappa shape index (κ2) is 11.6. The molecule has 0 fully saturated rings. The van der Waals surface area contributed by atoms with Gasteiger partial charge in [-0.05, 0) is 67.5 Å². The van der Waals surface area contributed by atoms with Crippen molar-refractivity contribution in [2.75, 3.05) is 31.6 Å². The van der Waals surface area contributed by atoms with E-state index < -0.39 is 0 Å². The maximum absolute atomic E-state index is 13.6. The molecular formula is C29H35N3O3S. The molecule has 1 aromatic heterocycles. The fourth-order valence-electron chi connectivity index (χ4n) is 4.44. The average Bonchev–Trinajstić information content (AvgIpc) is 3.33. The molecule has 0 aliphatic carbocycles. The first-order valence-corrected chi connectivity index (χ1v) is 13.4. The fraction of sp³-hybridized carbons (Fsp3) is 0.379. The van der Waals surface area contributed by atoms with E-state index in [0.717, 1.165) is 29.0 Å². The van der Waals surface area contributed by atoms with E-state index in [1.54, 1.807) is 16.2 Å². The summed E-state index contributed by atoms with van der Waals surface area (Å²) in [4.78, 5) is 31.6. The molecule has 0 bridgehead atoms. The van der Waals surface area contributed by atoms with E-state index in [1.165, 1.54) is 10.4 Å². The third-order valence-electron chi connectivity index (χ3n) is 6.35. The molecule has 2 aromatic carbocycles. The van der Waals surface area contributed by atoms with E-state index in [2.05, 4.69) is 16.8 Å². The number of amides is 3. The van der Waals surface area contributed by atoms with Gasteiger partial charge in [0.2, 0.25) is 5.91 Å². The third kappa shape index (κ3) is 6.46. The van der Waals surface area contributed by atoms with Gasteiger partial charge in [-0.2, -0.15) is 0 Å². The second-order valence-electron chi connectivity index (χ2n) is 9.85. The lowest BCUT2D eigenvalue weighted by Crippen LogP contribution is -2.49. The maximum atomic E-state index is 13.6. The van der Waals surface area contributed by atoms with Crippen molar-refractivity contribution in [1.29, 1.82) is 0 Å². The highest BCUT2D eigenvalue weighted by atomic mass is 32.1. The van der Waals surface area contributed by atoms with Crippen molar-refractivity contribution in [3.05, 3.63) is 81.5 Å². The summed E-state index contributed by atoms with van der Waals surface area (Å²) in [7, 11) is 0. The van der Waals surface area contributed by atoms with E-state index in [9.17, 15) is 9.59 Å². The average molecular weight is 506 g/mol. The van der Waals surface area contributed by atoms with E-state index in [-0.39, 0.29) is 30.4 Å². The lowest BCUT2D eigenvalue weighted by Gasteiger charge is -2.37. The van der Waals surface area contributed by atoms with Crippen LogP contribution in [0, 0.1) is 19.8 Å². The summed E-state index contributed by atoms with van der Waals surface area (Å²) in [5.74, 6) is 0.949. The largest absolute Gasteiger partial charge is 0.491 e. The van der Waals surface area contributed by atoms with Crippen LogP contribution >= 0.6 is 11.3 Å². The summed E-state index contributed by atoms with van der Waals surface area (Å²) in [6.07, 6.45) is 0.819. The Labute approximate surface area is 217 Å². The fourth-order valence-corrected chi connectivity index (χ4v) is 5.37. The molecule has 1 unspecified atom stereocenters. The lowest BCUT2D eigenvalue weighted by molar-refractivity contribution is -0.135. The summed E-state index contributed by atoms with van der Waals surface area (Å²) in [5.41, 5.74) is 4.16. The normalized spacial score (nSPS) is 14.9. The molecule has 0 spiro atoms. The van der Waals surface area contributed by atoms with Crippen LogP contribution in [0.5, 0.6) is 5.75 Å². The molecule has 0 saturated heterocycles. The number of anilines is 1. The second-order valence-corrected chi connectivity index (χ2v) is 10.8. The number of hydrogen-bond donors (Lipinski definition) is 1. The van der Waals surface area contributed by atoms with Crippen LogP contribution in [0.15, 0.2) is 60.0 Å². The van der Waals surface area contributed by atoms with Crippen LogP contribution in [0.3, 0.4) is 0 Å². The zero-order valence-electron chi connectivity index (χ0n) is 21.5. The number of fused-ring (bicyclic) bond motifs is 1. The highest BCUT2D eigenvalue weighted by Gasteiger charge is 2.33. The maximum Gasteiger partial charge on any atom is 0.322 e. The number of carbonyl (C=O) groups excluding carboxylic acids is 2. The first kappa shape index (κ1) is 25.8. The van der Waals surface area contributed by atoms with Gasteiger partial charge in [-0.25, -0.2) is 4.79 Å². The van der Waals surface area contributed by atoms with E-state index in [0.29, 0.717) is 19.7 Å². The Morgan fingerprint density at radius 2 is 1.72 bits per heavy atom. The summed E-state index contributed by atoms with van der Waals surface area (Å²) in [6.45, 7) is 9.65. The Morgan fingerprint density at radius 3 is 2.39 bits per heavy atom. The number of thiophene rings is 1. The molecule has 6 nitrogen and oxygen atoms in total. The van der Waals surface area contributed by atoms with Crippen molar-refractivity contribution in [2.24, 2.45) is 5.92 Å². The Kier molecular flexibility index (Phi) is 8.31. The summed E-state index contributed by atoms with van der Waals surface area (Å²) in [6, 6.07) is 17.3. The molecule has 190 valence electrons. The van der Waals surface area contributed by atoms with E-state index in [1.807, 2.05) is 81.1 Å². The third-order valence-corrected chi connectivity index (χ3v) is 7.34. The van der Waals surface area contributed by atoms with Crippen LogP contribution in [0.4, 0.5) is 10.5 Å². The Bertz CT molecular complexity index is 1170. The molecule has 3 amide bonds. The molecule has 3 aromatic rings. The van der Waals surface area contributed by atoms with Crippen LogP contribution in [0.1, 0.15) is 41.5 Å². The number of urea groups is 1. The molecule has 2 heterocycles. The van der Waals surface area contributed by atoms with Crippen molar-refractivity contribution in [3.63, 3.8) is 0 Å². The Morgan fingerprint density at radius 1 is 1.06 bits per heavy atom. The van der Waals surface area contributed by atoms with Gasteiger partial charge in [-0.3, -0.25) is 4.79 Å². The van der Waals surface area contributed by atoms with Crippen LogP contribution in [-0.4, -0.2) is 48.0 Å². The van der Waals surface area contributed by atoms with Gasteiger partial charge < -0.3 is 19.9 Å². The molecule has 7 heteroatoms. The van der Waals surface area contributed by atoms with Crippen molar-refractivity contribution in [2.45, 2.75) is 40.2 Å². The summed E-state index contributed by atoms with van der Waals surface area (Å²) < 4.78 is 6.13. The number of nitrogens with one attached hydrogen (secondary N) is 1. The highest BCUT2D eigenvalue weighted by Crippen LogP contribution is 2.34. The van der Waals surface area contributed by atoms with Crippen molar-refractivity contribution >= 4 is 29.0 Å². The Hall–Kier alpha value is -3.32. The topological polar surface area (TPSA) is 61.9 Å². The monoisotopic (exact) mass is 505 g/mol. The van der Waals surface area contributed by atoms with Gasteiger partial charge in [-0.1, -0.05) is 49.2 Å². The zero-order chi connectivity index (χ0) is 25.7. The number of carbonyl (C=O) groups is 2. The SMILES string of the molecule is Cc1ccc(NC(=O)N(CC(=O)N2CCc3sccc3C2COc2ccc(C)cc2)CC(C)C)cc1. The van der Waals surface area contributed by atoms with E-state index >= 15 is 0 Å². The molecule has 1 aliphatic rings. The molecule has 0 radical (unpaired) electrons. The zero-order valence-corrected chi connectivity index (χ0v) is 22.3. The summed E-state index contributed by atoms with van der Waals surface area (Å²) >= 11 is 1.73. The minimum absolute atomic E-state index is 0.0242. The number of nitrogens with zero attached hydrogens (tertiary/aromatic N) is 2. The summed E-state index contributed by atoms with van der Waals surface area (Å²) in [5, 5.41) is 5.03. The van der Waals surface area contributed by atoms with Crippen molar-refractivity contribution < 1.29 is 14.3 Å². The number of benzene rings is 2. The predicted molar refractivity (Wildman–Crippen MR) is 146 cm³/mol.